The van der Waals surface area contributed by atoms with Crippen molar-refractivity contribution in [3.05, 3.63) is 83.9 Å². The summed E-state index contributed by atoms with van der Waals surface area (Å²) in [6.07, 6.45) is 5.08. The van der Waals surface area contributed by atoms with Crippen LogP contribution in [0, 0.1) is 0 Å². The number of ether oxygens (including phenoxy) is 2. The molecule has 2 aliphatic rings. The molecule has 0 bridgehead atoms. The normalized spacial score (nSPS) is 16.9. The van der Waals surface area contributed by atoms with Crippen LogP contribution in [-0.4, -0.2) is 67.6 Å². The first kappa shape index (κ1) is 27.0. The lowest BCUT2D eigenvalue weighted by atomic mass is 9.97. The Balaban J connectivity index is 1.24. The lowest BCUT2D eigenvalue weighted by molar-refractivity contribution is 0.103. The van der Waals surface area contributed by atoms with E-state index in [0.29, 0.717) is 30.6 Å². The van der Waals surface area contributed by atoms with Gasteiger partial charge in [0.1, 0.15) is 24.7 Å². The van der Waals surface area contributed by atoms with Crippen LogP contribution in [0.2, 0.25) is 0 Å². The van der Waals surface area contributed by atoms with Gasteiger partial charge in [-0.2, -0.15) is 0 Å². The molecule has 0 saturated carbocycles. The van der Waals surface area contributed by atoms with Crippen molar-refractivity contribution in [1.82, 2.24) is 9.80 Å². The molecule has 40 heavy (non-hydrogen) atoms. The molecule has 1 atom stereocenters. The van der Waals surface area contributed by atoms with E-state index < -0.39 is 0 Å². The molecule has 0 aliphatic carbocycles. The summed E-state index contributed by atoms with van der Waals surface area (Å²) < 4.78 is 13.4. The Kier molecular flexibility index (Phi) is 8.47. The van der Waals surface area contributed by atoms with Gasteiger partial charge < -0.3 is 9.47 Å². The average molecular weight is 555 g/mol. The number of carbonyl (C=O) groups excluding carboxylic acids is 1. The van der Waals surface area contributed by atoms with Gasteiger partial charge in [-0.05, 0) is 107 Å². The molecule has 6 heteroatoms. The first-order chi connectivity index (χ1) is 19.7. The summed E-state index contributed by atoms with van der Waals surface area (Å²) in [7, 11) is 0. The predicted molar refractivity (Wildman–Crippen MR) is 164 cm³/mol. The van der Waals surface area contributed by atoms with Crippen molar-refractivity contribution >= 4 is 27.2 Å². The van der Waals surface area contributed by atoms with Crippen LogP contribution in [0.5, 0.6) is 11.5 Å². The third-order valence-corrected chi connectivity index (χ3v) is 9.41. The molecule has 2 fully saturated rings. The molecule has 1 unspecified atom stereocenters. The van der Waals surface area contributed by atoms with Crippen LogP contribution in [0.25, 0.3) is 20.5 Å². The number of carbonyl (C=O) groups is 1. The summed E-state index contributed by atoms with van der Waals surface area (Å²) >= 11 is 1.67. The molecule has 0 amide bonds. The molecule has 4 aromatic rings. The Morgan fingerprint density at radius 1 is 0.850 bits per heavy atom. The molecular formula is C34H38N2O3S. The first-order valence-electron chi connectivity index (χ1n) is 14.6. The minimum atomic E-state index is 0.00261. The molecule has 0 spiro atoms. The van der Waals surface area contributed by atoms with Gasteiger partial charge in [-0.15, -0.1) is 11.3 Å². The van der Waals surface area contributed by atoms with Crippen LogP contribution in [0.3, 0.4) is 0 Å². The summed E-state index contributed by atoms with van der Waals surface area (Å²) in [4.78, 5) is 20.2. The van der Waals surface area contributed by atoms with Crippen molar-refractivity contribution in [3.8, 4) is 21.9 Å². The fourth-order valence-corrected chi connectivity index (χ4v) is 7.09. The largest absolute Gasteiger partial charge is 0.492 e. The van der Waals surface area contributed by atoms with E-state index in [2.05, 4.69) is 41.0 Å². The smallest absolute Gasteiger partial charge is 0.198 e. The molecule has 3 aromatic carbocycles. The zero-order valence-corrected chi connectivity index (χ0v) is 24.1. The van der Waals surface area contributed by atoms with E-state index in [0.717, 1.165) is 51.5 Å². The number of nitrogens with zero attached hydrogens (tertiary/aromatic N) is 2. The van der Waals surface area contributed by atoms with E-state index in [-0.39, 0.29) is 5.78 Å². The van der Waals surface area contributed by atoms with E-state index in [9.17, 15) is 4.79 Å². The van der Waals surface area contributed by atoms with Crippen molar-refractivity contribution in [2.75, 3.05) is 45.9 Å². The van der Waals surface area contributed by atoms with Crippen LogP contribution in [0.4, 0.5) is 0 Å². The van der Waals surface area contributed by atoms with Crippen molar-refractivity contribution < 1.29 is 14.3 Å². The SMILES string of the molecule is CC(COc1ccccc1C(=O)c1c(-c2ccc(OCCN3CCCC3)cc2)sc2ccccc12)N1CCCC1. The lowest BCUT2D eigenvalue weighted by Gasteiger charge is -2.24. The minimum absolute atomic E-state index is 0.00261. The molecule has 3 heterocycles. The van der Waals surface area contributed by atoms with Gasteiger partial charge in [-0.1, -0.05) is 30.3 Å². The average Bonchev–Trinajstić information content (AvgIpc) is 3.78. The third-order valence-electron chi connectivity index (χ3n) is 8.19. The highest BCUT2D eigenvalue weighted by Gasteiger charge is 2.25. The van der Waals surface area contributed by atoms with Crippen molar-refractivity contribution in [1.29, 1.82) is 0 Å². The van der Waals surface area contributed by atoms with Gasteiger partial charge in [0, 0.05) is 33.1 Å². The van der Waals surface area contributed by atoms with Gasteiger partial charge in [-0.3, -0.25) is 14.6 Å². The van der Waals surface area contributed by atoms with Crippen LogP contribution < -0.4 is 9.47 Å². The minimum Gasteiger partial charge on any atom is -0.492 e. The summed E-state index contributed by atoms with van der Waals surface area (Å²) in [5.41, 5.74) is 2.38. The fraction of sp³-hybridized carbons (Fsp3) is 0.382. The second-order valence-corrected chi connectivity index (χ2v) is 12.0. The van der Waals surface area contributed by atoms with E-state index in [1.807, 2.05) is 48.5 Å². The molecule has 2 saturated heterocycles. The third kappa shape index (κ3) is 5.95. The van der Waals surface area contributed by atoms with Gasteiger partial charge in [0.15, 0.2) is 5.78 Å². The molecule has 5 nitrogen and oxygen atoms in total. The second kappa shape index (κ2) is 12.5. The molecule has 1 aromatic heterocycles. The van der Waals surface area contributed by atoms with Crippen molar-refractivity contribution in [3.63, 3.8) is 0 Å². The van der Waals surface area contributed by atoms with Gasteiger partial charge in [0.05, 0.1) is 5.56 Å². The standard InChI is InChI=1S/C34H38N2O3S/c1-25(36-20-8-9-21-36)24-39-30-12-4-2-10-28(30)33(37)32-29-11-3-5-13-31(29)40-34(32)26-14-16-27(17-15-26)38-23-22-35-18-6-7-19-35/h2-5,10-17,25H,6-9,18-24H2,1H3. The highest BCUT2D eigenvalue weighted by Crippen LogP contribution is 2.41. The molecule has 2 aliphatic heterocycles. The number of likely N-dealkylation sites (tertiary alicyclic amines) is 2. The zero-order valence-electron chi connectivity index (χ0n) is 23.3. The highest BCUT2D eigenvalue weighted by atomic mass is 32.1. The molecule has 6 rings (SSSR count). The molecule has 0 radical (unpaired) electrons. The van der Waals surface area contributed by atoms with E-state index in [4.69, 9.17) is 9.47 Å². The predicted octanol–water partition coefficient (Wildman–Crippen LogP) is 7.14. The zero-order chi connectivity index (χ0) is 27.3. The Morgan fingerprint density at radius 2 is 1.55 bits per heavy atom. The summed E-state index contributed by atoms with van der Waals surface area (Å²) in [6, 6.07) is 24.4. The van der Waals surface area contributed by atoms with E-state index in [1.165, 1.54) is 38.8 Å². The molecular weight excluding hydrogens is 516 g/mol. The van der Waals surface area contributed by atoms with Crippen molar-refractivity contribution in [2.24, 2.45) is 0 Å². The number of fused-ring (bicyclic) bond motifs is 1. The fourth-order valence-electron chi connectivity index (χ4n) is 5.89. The summed E-state index contributed by atoms with van der Waals surface area (Å²) in [6.45, 7) is 9.04. The van der Waals surface area contributed by atoms with Gasteiger partial charge in [0.2, 0.25) is 0 Å². The quantitative estimate of drug-likeness (QED) is 0.184. The maximum Gasteiger partial charge on any atom is 0.198 e. The monoisotopic (exact) mass is 554 g/mol. The number of ketones is 1. The number of para-hydroxylation sites is 1. The van der Waals surface area contributed by atoms with Crippen LogP contribution in [0.1, 0.15) is 48.5 Å². The number of benzene rings is 3. The van der Waals surface area contributed by atoms with Crippen LogP contribution >= 0.6 is 11.3 Å². The van der Waals surface area contributed by atoms with Crippen LogP contribution in [0.15, 0.2) is 72.8 Å². The van der Waals surface area contributed by atoms with Gasteiger partial charge in [-0.25, -0.2) is 0 Å². The molecule has 0 N–H and O–H groups in total. The van der Waals surface area contributed by atoms with E-state index >= 15 is 0 Å². The number of thiophene rings is 1. The highest BCUT2D eigenvalue weighted by molar-refractivity contribution is 7.22. The Hall–Kier alpha value is -3.19. The maximum atomic E-state index is 14.3. The summed E-state index contributed by atoms with van der Waals surface area (Å²) in [5.74, 6) is 1.52. The number of rotatable bonds is 11. The maximum absolute atomic E-state index is 14.3. The molecule has 208 valence electrons. The van der Waals surface area contributed by atoms with E-state index in [1.54, 1.807) is 11.3 Å². The van der Waals surface area contributed by atoms with Crippen molar-refractivity contribution in [2.45, 2.75) is 38.6 Å². The number of hydrogen-bond donors (Lipinski definition) is 0. The number of hydrogen-bond acceptors (Lipinski definition) is 6. The summed E-state index contributed by atoms with van der Waals surface area (Å²) in [5, 5.41) is 0.985. The second-order valence-electron chi connectivity index (χ2n) is 11.0. The Morgan fingerprint density at radius 3 is 2.35 bits per heavy atom. The Bertz CT molecular complexity index is 1440. The van der Waals surface area contributed by atoms with Gasteiger partial charge >= 0.3 is 0 Å². The van der Waals surface area contributed by atoms with Gasteiger partial charge in [0.25, 0.3) is 0 Å². The topological polar surface area (TPSA) is 42.0 Å². The van der Waals surface area contributed by atoms with Crippen LogP contribution in [-0.2, 0) is 0 Å². The Labute approximate surface area is 241 Å². The lowest BCUT2D eigenvalue weighted by Crippen LogP contribution is -2.35. The first-order valence-corrected chi connectivity index (χ1v) is 15.5.